The molecule has 0 unspecified atom stereocenters. The summed E-state index contributed by atoms with van der Waals surface area (Å²) in [7, 11) is -3.55. The van der Waals surface area contributed by atoms with Gasteiger partial charge < -0.3 is 4.52 Å². The largest absolute Gasteiger partial charge is 0.339 e. The van der Waals surface area contributed by atoms with Gasteiger partial charge in [0.25, 0.3) is 0 Å². The van der Waals surface area contributed by atoms with Crippen molar-refractivity contribution in [2.75, 3.05) is 13.1 Å². The van der Waals surface area contributed by atoms with Gasteiger partial charge in [0.2, 0.25) is 21.7 Å². The lowest BCUT2D eigenvalue weighted by atomic mass is 10.0. The lowest BCUT2D eigenvalue weighted by Gasteiger charge is -2.35. The fraction of sp³-hybridized carbons (Fsp3) is 0.176. The van der Waals surface area contributed by atoms with Crippen molar-refractivity contribution in [3.63, 3.8) is 0 Å². The summed E-state index contributed by atoms with van der Waals surface area (Å²) in [4.78, 5) is 4.57. The summed E-state index contributed by atoms with van der Waals surface area (Å²) in [5, 5.41) is 4.37. The first-order valence-electron chi connectivity index (χ1n) is 7.69. The number of halogens is 1. The van der Waals surface area contributed by atoms with Gasteiger partial charge in [0.15, 0.2) is 0 Å². The van der Waals surface area contributed by atoms with Crippen molar-refractivity contribution >= 4 is 21.6 Å². The lowest BCUT2D eigenvalue weighted by Crippen LogP contribution is -2.48. The standard InChI is InChI=1S/C17H14ClN3O3S/c18-14-7-4-8-15(9-14)25(22,23)21-10-13(11-21)17-19-16(20-24-17)12-5-2-1-3-6-12/h1-9,13H,10-11H2. The maximum absolute atomic E-state index is 12.6. The normalized spacial score (nSPS) is 15.9. The van der Waals surface area contributed by atoms with E-state index < -0.39 is 10.0 Å². The van der Waals surface area contributed by atoms with Crippen LogP contribution in [-0.2, 0) is 10.0 Å². The summed E-state index contributed by atoms with van der Waals surface area (Å²) >= 11 is 5.89. The third kappa shape index (κ3) is 3.06. The van der Waals surface area contributed by atoms with E-state index in [1.165, 1.54) is 16.4 Å². The van der Waals surface area contributed by atoms with Crippen LogP contribution in [0.5, 0.6) is 0 Å². The molecule has 0 spiro atoms. The molecular weight excluding hydrogens is 362 g/mol. The zero-order valence-electron chi connectivity index (χ0n) is 13.0. The minimum absolute atomic E-state index is 0.0982. The van der Waals surface area contributed by atoms with Crippen LogP contribution in [0, 0.1) is 0 Å². The van der Waals surface area contributed by atoms with Gasteiger partial charge in [-0.2, -0.15) is 9.29 Å². The van der Waals surface area contributed by atoms with Crippen LogP contribution in [0.4, 0.5) is 0 Å². The third-order valence-corrected chi connectivity index (χ3v) is 6.17. The molecule has 2 heterocycles. The van der Waals surface area contributed by atoms with Gasteiger partial charge in [0.05, 0.1) is 10.8 Å². The van der Waals surface area contributed by atoms with Crippen LogP contribution in [0.15, 0.2) is 64.0 Å². The van der Waals surface area contributed by atoms with Crippen molar-refractivity contribution in [2.24, 2.45) is 0 Å². The average Bonchev–Trinajstić information content (AvgIpc) is 3.04. The van der Waals surface area contributed by atoms with Crippen molar-refractivity contribution in [2.45, 2.75) is 10.8 Å². The predicted molar refractivity (Wildman–Crippen MR) is 92.7 cm³/mol. The van der Waals surface area contributed by atoms with E-state index in [9.17, 15) is 8.42 Å². The molecule has 25 heavy (non-hydrogen) atoms. The third-order valence-electron chi connectivity index (χ3n) is 4.10. The van der Waals surface area contributed by atoms with Gasteiger partial charge >= 0.3 is 0 Å². The highest BCUT2D eigenvalue weighted by Gasteiger charge is 2.40. The van der Waals surface area contributed by atoms with E-state index >= 15 is 0 Å². The lowest BCUT2D eigenvalue weighted by molar-refractivity contribution is 0.217. The van der Waals surface area contributed by atoms with Crippen molar-refractivity contribution in [3.05, 3.63) is 65.5 Å². The van der Waals surface area contributed by atoms with Crippen LogP contribution in [0.25, 0.3) is 11.4 Å². The van der Waals surface area contributed by atoms with Crippen molar-refractivity contribution in [1.82, 2.24) is 14.4 Å². The Morgan fingerprint density at radius 2 is 1.84 bits per heavy atom. The smallest absolute Gasteiger partial charge is 0.243 e. The SMILES string of the molecule is O=S(=O)(c1cccc(Cl)c1)N1CC(c2nc(-c3ccccc3)no2)C1. The Bertz CT molecular complexity index is 999. The Balaban J connectivity index is 1.48. The zero-order valence-corrected chi connectivity index (χ0v) is 14.6. The minimum atomic E-state index is -3.55. The fourth-order valence-electron chi connectivity index (χ4n) is 2.67. The average molecular weight is 376 g/mol. The van der Waals surface area contributed by atoms with Crippen LogP contribution in [0.1, 0.15) is 11.8 Å². The topological polar surface area (TPSA) is 76.3 Å². The van der Waals surface area contributed by atoms with Gasteiger partial charge in [0, 0.05) is 23.7 Å². The van der Waals surface area contributed by atoms with Crippen molar-refractivity contribution < 1.29 is 12.9 Å². The summed E-state index contributed by atoms with van der Waals surface area (Å²) in [5.41, 5.74) is 0.861. The molecule has 0 bridgehead atoms. The molecule has 8 heteroatoms. The minimum Gasteiger partial charge on any atom is -0.339 e. The Labute approximate surface area is 150 Å². The quantitative estimate of drug-likeness (QED) is 0.700. The summed E-state index contributed by atoms with van der Waals surface area (Å²) in [6, 6.07) is 15.7. The molecule has 1 fully saturated rings. The first-order chi connectivity index (χ1) is 12.0. The Morgan fingerprint density at radius 3 is 2.56 bits per heavy atom. The molecular formula is C17H14ClN3O3S. The predicted octanol–water partition coefficient (Wildman–Crippen LogP) is 3.18. The number of hydrogen-bond acceptors (Lipinski definition) is 5. The maximum atomic E-state index is 12.6. The maximum Gasteiger partial charge on any atom is 0.243 e. The molecule has 0 saturated carbocycles. The van der Waals surface area contributed by atoms with E-state index in [4.69, 9.17) is 16.1 Å². The molecule has 1 aliphatic rings. The number of aromatic nitrogens is 2. The van der Waals surface area contributed by atoms with Gasteiger partial charge in [-0.15, -0.1) is 0 Å². The fourth-order valence-corrected chi connectivity index (χ4v) is 4.50. The van der Waals surface area contributed by atoms with E-state index in [0.717, 1.165) is 5.56 Å². The second-order valence-corrected chi connectivity index (χ2v) is 8.17. The Hall–Kier alpha value is -2.22. The molecule has 1 saturated heterocycles. The first-order valence-corrected chi connectivity index (χ1v) is 9.50. The summed E-state index contributed by atoms with van der Waals surface area (Å²) in [5.74, 6) is 0.863. The molecule has 4 rings (SSSR count). The molecule has 0 N–H and O–H groups in total. The zero-order chi connectivity index (χ0) is 17.4. The highest BCUT2D eigenvalue weighted by atomic mass is 35.5. The van der Waals surface area contributed by atoms with Crippen LogP contribution >= 0.6 is 11.6 Å². The van der Waals surface area contributed by atoms with Crippen LogP contribution < -0.4 is 0 Å². The van der Waals surface area contributed by atoms with E-state index in [1.807, 2.05) is 30.3 Å². The second-order valence-electron chi connectivity index (χ2n) is 5.80. The molecule has 3 aromatic rings. The van der Waals surface area contributed by atoms with E-state index in [-0.39, 0.29) is 10.8 Å². The molecule has 2 aromatic carbocycles. The summed E-state index contributed by atoms with van der Waals surface area (Å²) in [6.07, 6.45) is 0. The van der Waals surface area contributed by atoms with Gasteiger partial charge in [-0.25, -0.2) is 8.42 Å². The highest BCUT2D eigenvalue weighted by Crippen LogP contribution is 2.32. The van der Waals surface area contributed by atoms with Crippen molar-refractivity contribution in [3.8, 4) is 11.4 Å². The van der Waals surface area contributed by atoms with Gasteiger partial charge in [-0.3, -0.25) is 0 Å². The van der Waals surface area contributed by atoms with Gasteiger partial charge in [-0.05, 0) is 18.2 Å². The monoisotopic (exact) mass is 375 g/mol. The summed E-state index contributed by atoms with van der Waals surface area (Å²) in [6.45, 7) is 0.622. The Morgan fingerprint density at radius 1 is 1.08 bits per heavy atom. The number of nitrogens with zero attached hydrogens (tertiary/aromatic N) is 3. The van der Waals surface area contributed by atoms with Gasteiger partial charge in [-0.1, -0.05) is 53.2 Å². The Kier molecular flexibility index (Phi) is 4.07. The highest BCUT2D eigenvalue weighted by molar-refractivity contribution is 7.89. The van der Waals surface area contributed by atoms with Crippen molar-refractivity contribution in [1.29, 1.82) is 0 Å². The second kappa shape index (κ2) is 6.25. The van der Waals surface area contributed by atoms with Crippen LogP contribution in [0.2, 0.25) is 5.02 Å². The number of rotatable bonds is 4. The number of benzene rings is 2. The molecule has 0 radical (unpaired) electrons. The first kappa shape index (κ1) is 16.3. The van der Waals surface area contributed by atoms with E-state index in [1.54, 1.807) is 12.1 Å². The molecule has 0 aliphatic carbocycles. The van der Waals surface area contributed by atoms with Crippen LogP contribution in [0.3, 0.4) is 0 Å². The molecule has 128 valence electrons. The molecule has 0 atom stereocenters. The number of hydrogen-bond donors (Lipinski definition) is 0. The molecule has 1 aromatic heterocycles. The van der Waals surface area contributed by atoms with Crippen LogP contribution in [-0.4, -0.2) is 36.0 Å². The summed E-state index contributed by atoms with van der Waals surface area (Å²) < 4.78 is 31.8. The molecule has 0 amide bonds. The van der Waals surface area contributed by atoms with E-state index in [2.05, 4.69) is 10.1 Å². The van der Waals surface area contributed by atoms with E-state index in [0.29, 0.717) is 29.8 Å². The molecule has 6 nitrogen and oxygen atoms in total. The number of sulfonamides is 1. The van der Waals surface area contributed by atoms with Gasteiger partial charge in [0.1, 0.15) is 0 Å². The molecule has 1 aliphatic heterocycles.